The summed E-state index contributed by atoms with van der Waals surface area (Å²) in [7, 11) is -3.89. The minimum atomic E-state index is -3.89. The molecular weight excluding hydrogens is 252 g/mol. The van der Waals surface area contributed by atoms with Crippen LogP contribution in [0.25, 0.3) is 0 Å². The summed E-state index contributed by atoms with van der Waals surface area (Å²) in [5.74, 6) is 0.323. The summed E-state index contributed by atoms with van der Waals surface area (Å²) >= 11 is 0. The second-order valence-corrected chi connectivity index (χ2v) is 6.47. The molecule has 1 fully saturated rings. The number of carbonyl (C=O) groups excluding carboxylic acids is 1. The maximum Gasteiger partial charge on any atom is 0.267 e. The average Bonchev–Trinajstić information content (AvgIpc) is 2.38. The van der Waals surface area contributed by atoms with Crippen molar-refractivity contribution in [2.75, 3.05) is 0 Å². The predicted molar refractivity (Wildman–Crippen MR) is 68.4 cm³/mol. The smallest absolute Gasteiger partial charge is 0.267 e. The van der Waals surface area contributed by atoms with E-state index in [0.29, 0.717) is 24.3 Å². The first-order valence-corrected chi connectivity index (χ1v) is 7.52. The molecule has 0 heterocycles. The lowest BCUT2D eigenvalue weighted by molar-refractivity contribution is 0.112. The number of rotatable bonds is 3. The van der Waals surface area contributed by atoms with Crippen molar-refractivity contribution in [2.45, 2.75) is 36.9 Å². The maximum atomic E-state index is 11.0. The fraction of sp³-hybridized carbons (Fsp3) is 0.462. The van der Waals surface area contributed by atoms with Crippen LogP contribution in [0.15, 0.2) is 24.3 Å². The minimum Gasteiger partial charge on any atom is -0.298 e. The van der Waals surface area contributed by atoms with E-state index in [0.717, 1.165) is 24.7 Å². The molecule has 1 aliphatic carbocycles. The van der Waals surface area contributed by atoms with E-state index in [4.69, 9.17) is 4.55 Å². The van der Waals surface area contributed by atoms with Crippen molar-refractivity contribution in [1.29, 1.82) is 0 Å². The molecule has 1 N–H and O–H groups in total. The third-order valence-corrected chi connectivity index (χ3v) is 4.95. The zero-order valence-corrected chi connectivity index (χ0v) is 10.8. The Labute approximate surface area is 107 Å². The van der Waals surface area contributed by atoms with E-state index in [1.54, 1.807) is 12.1 Å². The van der Waals surface area contributed by atoms with Crippen LogP contribution in [0.3, 0.4) is 0 Å². The largest absolute Gasteiger partial charge is 0.298 e. The number of hydrogen-bond donors (Lipinski definition) is 1. The molecule has 2 rings (SSSR count). The van der Waals surface area contributed by atoms with Crippen molar-refractivity contribution >= 4 is 16.4 Å². The van der Waals surface area contributed by atoms with Crippen LogP contribution in [-0.4, -0.2) is 24.5 Å². The Balaban J connectivity index is 2.03. The minimum absolute atomic E-state index is 0.323. The molecule has 1 aromatic rings. The van der Waals surface area contributed by atoms with E-state index in [-0.39, 0.29) is 0 Å². The molecule has 1 aliphatic rings. The van der Waals surface area contributed by atoms with Crippen LogP contribution in [-0.2, 0) is 10.1 Å². The molecule has 0 saturated heterocycles. The van der Waals surface area contributed by atoms with Gasteiger partial charge in [-0.15, -0.1) is 0 Å². The van der Waals surface area contributed by atoms with Gasteiger partial charge in [-0.25, -0.2) is 0 Å². The summed E-state index contributed by atoms with van der Waals surface area (Å²) in [4.78, 5) is 10.6. The number of hydrogen-bond acceptors (Lipinski definition) is 3. The summed E-state index contributed by atoms with van der Waals surface area (Å²) in [5, 5.41) is -0.608. The normalized spacial score (nSPS) is 24.7. The van der Waals surface area contributed by atoms with Gasteiger partial charge < -0.3 is 0 Å². The first kappa shape index (κ1) is 13.2. The fourth-order valence-corrected chi connectivity index (χ4v) is 3.41. The van der Waals surface area contributed by atoms with Gasteiger partial charge in [0.2, 0.25) is 0 Å². The number of carbonyl (C=O) groups is 1. The van der Waals surface area contributed by atoms with Crippen LogP contribution < -0.4 is 0 Å². The molecule has 0 unspecified atom stereocenters. The second kappa shape index (κ2) is 5.20. The first-order valence-electron chi connectivity index (χ1n) is 6.02. The molecule has 0 radical (unpaired) electrons. The maximum absolute atomic E-state index is 11.0. The van der Waals surface area contributed by atoms with Crippen LogP contribution >= 0.6 is 0 Å². The third kappa shape index (κ3) is 2.97. The van der Waals surface area contributed by atoms with E-state index >= 15 is 0 Å². The summed E-state index contributed by atoms with van der Waals surface area (Å²) in [6, 6.07) is 7.39. The Morgan fingerprint density at radius 2 is 1.61 bits per heavy atom. The second-order valence-electron chi connectivity index (χ2n) is 4.77. The summed E-state index contributed by atoms with van der Waals surface area (Å²) in [5.41, 5.74) is 1.78. The Kier molecular flexibility index (Phi) is 3.82. The van der Waals surface area contributed by atoms with Crippen LogP contribution in [0.2, 0.25) is 0 Å². The summed E-state index contributed by atoms with van der Waals surface area (Å²) < 4.78 is 31.1. The van der Waals surface area contributed by atoms with Crippen molar-refractivity contribution in [3.63, 3.8) is 0 Å². The summed E-state index contributed by atoms with van der Waals surface area (Å²) in [6.45, 7) is 0. The third-order valence-electron chi connectivity index (χ3n) is 3.64. The zero-order chi connectivity index (χ0) is 13.2. The van der Waals surface area contributed by atoms with Gasteiger partial charge in [-0.05, 0) is 37.2 Å². The molecule has 5 heteroatoms. The van der Waals surface area contributed by atoms with Crippen molar-refractivity contribution in [2.24, 2.45) is 0 Å². The highest BCUT2D eigenvalue weighted by Gasteiger charge is 2.29. The SMILES string of the molecule is O=Cc1ccc(C2CCC(S(=O)(=O)O)CC2)cc1. The van der Waals surface area contributed by atoms with Crippen LogP contribution in [0.5, 0.6) is 0 Å². The van der Waals surface area contributed by atoms with Gasteiger partial charge >= 0.3 is 0 Å². The molecular formula is C13H16O4S. The van der Waals surface area contributed by atoms with Gasteiger partial charge in [-0.2, -0.15) is 8.42 Å². The Hall–Kier alpha value is -1.20. The quantitative estimate of drug-likeness (QED) is 0.675. The van der Waals surface area contributed by atoms with E-state index in [9.17, 15) is 13.2 Å². The highest BCUT2D eigenvalue weighted by atomic mass is 32.2. The first-order chi connectivity index (χ1) is 8.50. The van der Waals surface area contributed by atoms with Gasteiger partial charge in [0.05, 0.1) is 5.25 Å². The average molecular weight is 268 g/mol. The van der Waals surface area contributed by atoms with E-state index in [1.807, 2.05) is 12.1 Å². The van der Waals surface area contributed by atoms with E-state index in [1.165, 1.54) is 0 Å². The van der Waals surface area contributed by atoms with Crippen LogP contribution in [0, 0.1) is 0 Å². The highest BCUT2D eigenvalue weighted by Crippen LogP contribution is 2.35. The monoisotopic (exact) mass is 268 g/mol. The fourth-order valence-electron chi connectivity index (χ4n) is 2.54. The Morgan fingerprint density at radius 3 is 2.06 bits per heavy atom. The van der Waals surface area contributed by atoms with Crippen molar-refractivity contribution in [1.82, 2.24) is 0 Å². The molecule has 0 atom stereocenters. The topological polar surface area (TPSA) is 71.4 Å². The van der Waals surface area contributed by atoms with Crippen LogP contribution in [0.4, 0.5) is 0 Å². The Morgan fingerprint density at radius 1 is 1.06 bits per heavy atom. The molecule has 0 aromatic heterocycles. The molecule has 0 aliphatic heterocycles. The number of aldehydes is 1. The van der Waals surface area contributed by atoms with E-state index < -0.39 is 15.4 Å². The molecule has 0 amide bonds. The summed E-state index contributed by atoms with van der Waals surface area (Å²) in [6.07, 6.45) is 3.31. The van der Waals surface area contributed by atoms with Gasteiger partial charge in [0, 0.05) is 5.56 Å². The van der Waals surface area contributed by atoms with Gasteiger partial charge in [-0.3, -0.25) is 9.35 Å². The molecule has 18 heavy (non-hydrogen) atoms. The van der Waals surface area contributed by atoms with Crippen molar-refractivity contribution < 1.29 is 17.8 Å². The van der Waals surface area contributed by atoms with Gasteiger partial charge in [0.1, 0.15) is 6.29 Å². The molecule has 4 nitrogen and oxygen atoms in total. The Bertz CT molecular complexity index is 510. The zero-order valence-electron chi connectivity index (χ0n) is 9.95. The van der Waals surface area contributed by atoms with Crippen LogP contribution in [0.1, 0.15) is 47.5 Å². The lowest BCUT2D eigenvalue weighted by Gasteiger charge is -2.26. The lowest BCUT2D eigenvalue weighted by atomic mass is 9.83. The van der Waals surface area contributed by atoms with Crippen molar-refractivity contribution in [3.8, 4) is 0 Å². The van der Waals surface area contributed by atoms with Gasteiger partial charge in [-0.1, -0.05) is 24.3 Å². The van der Waals surface area contributed by atoms with Gasteiger partial charge in [0.15, 0.2) is 0 Å². The lowest BCUT2D eigenvalue weighted by Crippen LogP contribution is -2.25. The van der Waals surface area contributed by atoms with E-state index in [2.05, 4.69) is 0 Å². The van der Waals surface area contributed by atoms with Gasteiger partial charge in [0.25, 0.3) is 10.1 Å². The molecule has 1 aromatic carbocycles. The highest BCUT2D eigenvalue weighted by molar-refractivity contribution is 7.86. The van der Waals surface area contributed by atoms with Crippen molar-refractivity contribution in [3.05, 3.63) is 35.4 Å². The molecule has 0 bridgehead atoms. The molecule has 0 spiro atoms. The molecule has 98 valence electrons. The molecule has 1 saturated carbocycles. The predicted octanol–water partition coefficient (Wildman–Crippen LogP) is 2.41. The standard InChI is InChI=1S/C13H16O4S/c14-9-10-1-3-11(4-2-10)12-5-7-13(8-6-12)18(15,16)17/h1-4,9,12-13H,5-8H2,(H,15,16,17). The number of benzene rings is 1.